The highest BCUT2D eigenvalue weighted by Gasteiger charge is 2.15. The largest absolute Gasteiger partial charge is 0.494 e. The van der Waals surface area contributed by atoms with Crippen LogP contribution in [0.3, 0.4) is 0 Å². The van der Waals surface area contributed by atoms with Gasteiger partial charge in [-0.05, 0) is 104 Å². The number of hydrogen-bond donors (Lipinski definition) is 3. The summed E-state index contributed by atoms with van der Waals surface area (Å²) in [4.78, 5) is 25.6. The lowest BCUT2D eigenvalue weighted by atomic mass is 10.1. The van der Waals surface area contributed by atoms with Crippen LogP contribution in [0.2, 0.25) is 0 Å². The Labute approximate surface area is 218 Å². The molecule has 9 heteroatoms. The van der Waals surface area contributed by atoms with Gasteiger partial charge in [-0.1, -0.05) is 12.1 Å². The smallest absolute Gasteiger partial charge is 0.257 e. The highest BCUT2D eigenvalue weighted by Crippen LogP contribution is 2.27. The molecule has 0 spiro atoms. The first-order valence-corrected chi connectivity index (χ1v) is 12.2. The zero-order valence-corrected chi connectivity index (χ0v) is 22.0. The van der Waals surface area contributed by atoms with Crippen molar-refractivity contribution in [2.75, 3.05) is 17.2 Å². The fourth-order valence-electron chi connectivity index (χ4n) is 3.11. The molecule has 0 saturated carbocycles. The second kappa shape index (κ2) is 12.3. The molecule has 0 heterocycles. The number of halogens is 1. The minimum atomic E-state index is -0.393. The average Bonchev–Trinajstić information content (AvgIpc) is 2.81. The maximum atomic E-state index is 12.9. The Balaban J connectivity index is 1.65. The SMILES string of the molecule is CCOc1ccc(NC(=O)c2ccccc2NC(=S)NC(=O)c2ccc(OC(C)C)c(Br)c2)cc1. The Morgan fingerprint density at radius 3 is 2.34 bits per heavy atom. The number of anilines is 2. The van der Waals surface area contributed by atoms with Gasteiger partial charge in [0.05, 0.1) is 28.4 Å². The maximum absolute atomic E-state index is 12.9. The Bertz CT molecular complexity index is 1220. The molecule has 0 bridgehead atoms. The van der Waals surface area contributed by atoms with Crippen molar-refractivity contribution < 1.29 is 19.1 Å². The van der Waals surface area contributed by atoms with Gasteiger partial charge in [0, 0.05) is 11.3 Å². The number of para-hydroxylation sites is 1. The molecule has 182 valence electrons. The fourth-order valence-corrected chi connectivity index (χ4v) is 3.79. The Hall–Kier alpha value is -3.43. The molecule has 0 aromatic heterocycles. The molecule has 35 heavy (non-hydrogen) atoms. The Kier molecular flexibility index (Phi) is 9.22. The Morgan fingerprint density at radius 1 is 0.971 bits per heavy atom. The summed E-state index contributed by atoms with van der Waals surface area (Å²) in [6.45, 7) is 6.32. The molecule has 3 rings (SSSR count). The monoisotopic (exact) mass is 555 g/mol. The molecule has 3 aromatic rings. The van der Waals surface area contributed by atoms with E-state index in [0.717, 1.165) is 5.75 Å². The van der Waals surface area contributed by atoms with Gasteiger partial charge in [0.2, 0.25) is 0 Å². The number of thiocarbonyl (C=S) groups is 1. The molecule has 0 aliphatic carbocycles. The highest BCUT2D eigenvalue weighted by atomic mass is 79.9. The second-order valence-electron chi connectivity index (χ2n) is 7.68. The van der Waals surface area contributed by atoms with E-state index in [2.05, 4.69) is 31.9 Å². The first kappa shape index (κ1) is 26.2. The zero-order valence-electron chi connectivity index (χ0n) is 19.6. The van der Waals surface area contributed by atoms with E-state index in [-0.39, 0.29) is 17.1 Å². The number of ether oxygens (including phenoxy) is 2. The van der Waals surface area contributed by atoms with Crippen LogP contribution in [0.5, 0.6) is 11.5 Å². The summed E-state index contributed by atoms with van der Waals surface area (Å²) in [6.07, 6.45) is 0.00876. The third kappa shape index (κ3) is 7.53. The number of amides is 2. The van der Waals surface area contributed by atoms with Crippen molar-refractivity contribution in [3.63, 3.8) is 0 Å². The molecular formula is C26H26BrN3O4S. The first-order chi connectivity index (χ1) is 16.8. The van der Waals surface area contributed by atoms with E-state index in [1.807, 2.05) is 20.8 Å². The summed E-state index contributed by atoms with van der Waals surface area (Å²) in [5, 5.41) is 8.49. The summed E-state index contributed by atoms with van der Waals surface area (Å²) in [5.74, 6) is 0.652. The highest BCUT2D eigenvalue weighted by molar-refractivity contribution is 9.10. The third-order valence-electron chi connectivity index (χ3n) is 4.63. The summed E-state index contributed by atoms with van der Waals surface area (Å²) in [6, 6.07) is 19.0. The Morgan fingerprint density at radius 2 is 1.69 bits per heavy atom. The van der Waals surface area contributed by atoms with E-state index in [1.54, 1.807) is 66.7 Å². The van der Waals surface area contributed by atoms with E-state index in [4.69, 9.17) is 21.7 Å². The number of nitrogens with one attached hydrogen (secondary N) is 3. The van der Waals surface area contributed by atoms with Crippen LogP contribution in [0.4, 0.5) is 11.4 Å². The van der Waals surface area contributed by atoms with Crippen molar-refractivity contribution in [1.29, 1.82) is 0 Å². The molecule has 3 aromatic carbocycles. The lowest BCUT2D eigenvalue weighted by Crippen LogP contribution is -2.34. The molecule has 0 aliphatic heterocycles. The maximum Gasteiger partial charge on any atom is 0.257 e. The standard InChI is InChI=1S/C26H26BrN3O4S/c1-4-33-19-12-10-18(11-13-19)28-25(32)20-7-5-6-8-22(20)29-26(35)30-24(31)17-9-14-23(21(27)15-17)34-16(2)3/h5-16H,4H2,1-3H3,(H,28,32)(H2,29,30,31,35). The van der Waals surface area contributed by atoms with Crippen LogP contribution in [0, 0.1) is 0 Å². The summed E-state index contributed by atoms with van der Waals surface area (Å²) >= 11 is 8.74. The van der Waals surface area contributed by atoms with Crippen molar-refractivity contribution in [3.05, 3.63) is 82.3 Å². The van der Waals surface area contributed by atoms with Crippen LogP contribution < -0.4 is 25.4 Å². The average molecular weight is 556 g/mol. The minimum Gasteiger partial charge on any atom is -0.494 e. The molecule has 7 nitrogen and oxygen atoms in total. The summed E-state index contributed by atoms with van der Waals surface area (Å²) in [7, 11) is 0. The van der Waals surface area contributed by atoms with Crippen molar-refractivity contribution in [3.8, 4) is 11.5 Å². The predicted molar refractivity (Wildman–Crippen MR) is 146 cm³/mol. The van der Waals surface area contributed by atoms with Gasteiger partial charge in [0.25, 0.3) is 11.8 Å². The van der Waals surface area contributed by atoms with E-state index < -0.39 is 5.91 Å². The fraction of sp³-hybridized carbons (Fsp3) is 0.192. The third-order valence-corrected chi connectivity index (χ3v) is 5.45. The molecular weight excluding hydrogens is 530 g/mol. The van der Waals surface area contributed by atoms with E-state index in [9.17, 15) is 9.59 Å². The van der Waals surface area contributed by atoms with Crippen LogP contribution in [0.25, 0.3) is 0 Å². The summed E-state index contributed by atoms with van der Waals surface area (Å²) < 4.78 is 11.8. The number of rotatable bonds is 8. The van der Waals surface area contributed by atoms with Gasteiger partial charge < -0.3 is 20.1 Å². The first-order valence-electron chi connectivity index (χ1n) is 11.0. The summed E-state index contributed by atoms with van der Waals surface area (Å²) in [5.41, 5.74) is 1.86. The lowest BCUT2D eigenvalue weighted by Gasteiger charge is -2.15. The zero-order chi connectivity index (χ0) is 25.4. The topological polar surface area (TPSA) is 88.7 Å². The normalized spacial score (nSPS) is 10.4. The van der Waals surface area contributed by atoms with Gasteiger partial charge in [-0.3, -0.25) is 14.9 Å². The van der Waals surface area contributed by atoms with Crippen molar-refractivity contribution in [1.82, 2.24) is 5.32 Å². The molecule has 0 aliphatic rings. The molecule has 0 saturated heterocycles. The van der Waals surface area contributed by atoms with Gasteiger partial charge >= 0.3 is 0 Å². The van der Waals surface area contributed by atoms with Gasteiger partial charge in [-0.2, -0.15) is 0 Å². The van der Waals surface area contributed by atoms with E-state index in [0.29, 0.717) is 39.3 Å². The van der Waals surface area contributed by atoms with Crippen LogP contribution in [0.15, 0.2) is 71.2 Å². The molecule has 0 atom stereocenters. The molecule has 0 fully saturated rings. The molecule has 3 N–H and O–H groups in total. The van der Waals surface area contributed by atoms with Crippen LogP contribution in [-0.2, 0) is 0 Å². The number of carbonyl (C=O) groups is 2. The number of carbonyl (C=O) groups excluding carboxylic acids is 2. The van der Waals surface area contributed by atoms with Gasteiger partial charge in [0.15, 0.2) is 5.11 Å². The second-order valence-corrected chi connectivity index (χ2v) is 8.94. The predicted octanol–water partition coefficient (Wildman–Crippen LogP) is 6.01. The van der Waals surface area contributed by atoms with Crippen LogP contribution in [0.1, 0.15) is 41.5 Å². The van der Waals surface area contributed by atoms with Crippen molar-refractivity contribution in [2.24, 2.45) is 0 Å². The van der Waals surface area contributed by atoms with Crippen LogP contribution >= 0.6 is 28.1 Å². The quantitative estimate of drug-likeness (QED) is 0.295. The number of benzene rings is 3. The molecule has 0 unspecified atom stereocenters. The van der Waals surface area contributed by atoms with Gasteiger partial charge in [-0.15, -0.1) is 0 Å². The van der Waals surface area contributed by atoms with E-state index in [1.165, 1.54) is 0 Å². The van der Waals surface area contributed by atoms with Gasteiger partial charge in [0.1, 0.15) is 11.5 Å². The van der Waals surface area contributed by atoms with Crippen molar-refractivity contribution in [2.45, 2.75) is 26.9 Å². The van der Waals surface area contributed by atoms with Gasteiger partial charge in [-0.25, -0.2) is 0 Å². The lowest BCUT2D eigenvalue weighted by molar-refractivity contribution is 0.0976. The minimum absolute atomic E-state index is 0.00876. The van der Waals surface area contributed by atoms with Crippen molar-refractivity contribution >= 4 is 56.4 Å². The molecule has 0 radical (unpaired) electrons. The van der Waals surface area contributed by atoms with Crippen LogP contribution in [-0.4, -0.2) is 29.6 Å². The molecule has 2 amide bonds. The number of hydrogen-bond acceptors (Lipinski definition) is 5. The van der Waals surface area contributed by atoms with E-state index >= 15 is 0 Å².